The summed E-state index contributed by atoms with van der Waals surface area (Å²) >= 11 is 0. The number of hydrogen-bond donors (Lipinski definition) is 1. The van der Waals surface area contributed by atoms with Crippen LogP contribution in [0.4, 0.5) is 0 Å². The molecule has 0 radical (unpaired) electrons. The summed E-state index contributed by atoms with van der Waals surface area (Å²) < 4.78 is 5.26. The minimum Gasteiger partial charge on any atom is -0.497 e. The number of methoxy groups -OCH3 is 1. The fourth-order valence-electron chi connectivity index (χ4n) is 2.52. The van der Waals surface area contributed by atoms with Gasteiger partial charge >= 0.3 is 0 Å². The maximum Gasteiger partial charge on any atom is 0.119 e. The Kier molecular flexibility index (Phi) is 3.46. The van der Waals surface area contributed by atoms with E-state index in [0.717, 1.165) is 25.3 Å². The maximum absolute atomic E-state index is 6.19. The van der Waals surface area contributed by atoms with Crippen molar-refractivity contribution in [1.82, 2.24) is 4.90 Å². The Morgan fingerprint density at radius 2 is 2.31 bits per heavy atom. The first-order valence-electron chi connectivity index (χ1n) is 5.90. The van der Waals surface area contributed by atoms with Gasteiger partial charge in [0.25, 0.3) is 0 Å². The lowest BCUT2D eigenvalue weighted by molar-refractivity contribution is 0.260. The van der Waals surface area contributed by atoms with Crippen molar-refractivity contribution in [1.29, 1.82) is 0 Å². The van der Waals surface area contributed by atoms with Crippen LogP contribution in [0.3, 0.4) is 0 Å². The summed E-state index contributed by atoms with van der Waals surface area (Å²) in [7, 11) is 1.70. The van der Waals surface area contributed by atoms with Gasteiger partial charge in [0.2, 0.25) is 0 Å². The van der Waals surface area contributed by atoms with Gasteiger partial charge in [0.1, 0.15) is 5.75 Å². The summed E-state index contributed by atoms with van der Waals surface area (Å²) in [6, 6.07) is 8.83. The highest BCUT2D eigenvalue weighted by atomic mass is 16.5. The molecule has 1 fully saturated rings. The average molecular weight is 220 g/mol. The van der Waals surface area contributed by atoms with E-state index in [9.17, 15) is 0 Å². The van der Waals surface area contributed by atoms with Crippen molar-refractivity contribution < 1.29 is 4.74 Å². The van der Waals surface area contributed by atoms with Crippen LogP contribution in [0.2, 0.25) is 0 Å². The van der Waals surface area contributed by atoms with Gasteiger partial charge in [-0.2, -0.15) is 0 Å². The Hall–Kier alpha value is -1.06. The third-order valence-electron chi connectivity index (χ3n) is 3.39. The quantitative estimate of drug-likeness (QED) is 0.844. The molecule has 2 rings (SSSR count). The van der Waals surface area contributed by atoms with Crippen molar-refractivity contribution in [3.8, 4) is 5.75 Å². The van der Waals surface area contributed by atoms with Crippen molar-refractivity contribution in [3.63, 3.8) is 0 Å². The third-order valence-corrected chi connectivity index (χ3v) is 3.39. The number of rotatable bonds is 3. The van der Waals surface area contributed by atoms with Gasteiger partial charge in [-0.1, -0.05) is 19.1 Å². The molecule has 2 unspecified atom stereocenters. The van der Waals surface area contributed by atoms with Crippen LogP contribution in [0, 0.1) is 0 Å². The van der Waals surface area contributed by atoms with Crippen LogP contribution in [0.5, 0.6) is 5.75 Å². The molecule has 1 aliphatic rings. The molecule has 16 heavy (non-hydrogen) atoms. The predicted molar refractivity (Wildman–Crippen MR) is 65.6 cm³/mol. The minimum atomic E-state index is 0.243. The fourth-order valence-corrected chi connectivity index (χ4v) is 2.52. The lowest BCUT2D eigenvalue weighted by atomic mass is 10.0. The zero-order valence-corrected chi connectivity index (χ0v) is 10.0. The Morgan fingerprint density at radius 1 is 1.50 bits per heavy atom. The first kappa shape index (κ1) is 11.4. The molecule has 3 heteroatoms. The van der Waals surface area contributed by atoms with Gasteiger partial charge in [0.05, 0.1) is 13.2 Å². The number of ether oxygens (including phenoxy) is 1. The maximum atomic E-state index is 6.19. The molecule has 1 saturated heterocycles. The van der Waals surface area contributed by atoms with E-state index >= 15 is 0 Å². The van der Waals surface area contributed by atoms with Gasteiger partial charge < -0.3 is 10.5 Å². The lowest BCUT2D eigenvalue weighted by Gasteiger charge is -2.26. The van der Waals surface area contributed by atoms with Crippen molar-refractivity contribution in [2.24, 2.45) is 5.73 Å². The molecule has 0 saturated carbocycles. The molecular weight excluding hydrogens is 200 g/mol. The topological polar surface area (TPSA) is 38.5 Å². The van der Waals surface area contributed by atoms with Crippen LogP contribution in [-0.4, -0.2) is 31.1 Å². The van der Waals surface area contributed by atoms with Crippen LogP contribution in [0.1, 0.15) is 24.9 Å². The molecule has 1 aliphatic heterocycles. The Balaban J connectivity index is 2.27. The van der Waals surface area contributed by atoms with E-state index in [1.54, 1.807) is 7.11 Å². The van der Waals surface area contributed by atoms with Crippen LogP contribution < -0.4 is 10.5 Å². The van der Waals surface area contributed by atoms with Gasteiger partial charge in [-0.3, -0.25) is 4.90 Å². The van der Waals surface area contributed by atoms with E-state index in [2.05, 4.69) is 24.0 Å². The molecule has 0 aromatic heterocycles. The number of hydrogen-bond acceptors (Lipinski definition) is 3. The summed E-state index contributed by atoms with van der Waals surface area (Å²) in [5.74, 6) is 0.910. The van der Waals surface area contributed by atoms with Gasteiger partial charge in [-0.15, -0.1) is 0 Å². The molecule has 1 aromatic carbocycles. The minimum absolute atomic E-state index is 0.243. The molecule has 0 spiro atoms. The molecule has 2 atom stereocenters. The highest BCUT2D eigenvalue weighted by Gasteiger charge is 2.31. The Labute approximate surface area is 97.2 Å². The Bertz CT molecular complexity index is 354. The van der Waals surface area contributed by atoms with Gasteiger partial charge in [-0.25, -0.2) is 0 Å². The average Bonchev–Trinajstić information content (AvgIpc) is 2.70. The molecule has 0 amide bonds. The summed E-state index contributed by atoms with van der Waals surface area (Å²) in [6.07, 6.45) is 1.08. The second kappa shape index (κ2) is 4.85. The fraction of sp³-hybridized carbons (Fsp3) is 0.538. The van der Waals surface area contributed by atoms with Gasteiger partial charge in [0.15, 0.2) is 0 Å². The van der Waals surface area contributed by atoms with Crippen LogP contribution in [0.25, 0.3) is 0 Å². The second-order valence-corrected chi connectivity index (χ2v) is 4.30. The van der Waals surface area contributed by atoms with Crippen molar-refractivity contribution in [2.75, 3.05) is 20.2 Å². The molecule has 88 valence electrons. The van der Waals surface area contributed by atoms with Crippen molar-refractivity contribution in [3.05, 3.63) is 29.8 Å². The number of likely N-dealkylation sites (tertiary alicyclic amines) is 1. The van der Waals surface area contributed by atoms with Crippen LogP contribution >= 0.6 is 0 Å². The van der Waals surface area contributed by atoms with E-state index in [4.69, 9.17) is 10.5 Å². The largest absolute Gasteiger partial charge is 0.497 e. The monoisotopic (exact) mass is 220 g/mol. The van der Waals surface area contributed by atoms with Crippen LogP contribution in [0.15, 0.2) is 24.3 Å². The van der Waals surface area contributed by atoms with Crippen molar-refractivity contribution >= 4 is 0 Å². The molecule has 1 heterocycles. The summed E-state index contributed by atoms with van der Waals surface area (Å²) in [6.45, 7) is 4.33. The first-order valence-corrected chi connectivity index (χ1v) is 5.90. The molecule has 2 N–H and O–H groups in total. The molecular formula is C13H20N2O. The standard InChI is InChI=1S/C13H20N2O/c1-3-15-8-7-12(14)13(15)10-5-4-6-11(9-10)16-2/h4-6,9,12-13H,3,7-8,14H2,1-2H3. The summed E-state index contributed by atoms with van der Waals surface area (Å²) in [5.41, 5.74) is 7.46. The van der Waals surface area contributed by atoms with Gasteiger partial charge in [-0.05, 0) is 30.7 Å². The zero-order valence-electron chi connectivity index (χ0n) is 10.0. The van der Waals surface area contributed by atoms with Crippen molar-refractivity contribution in [2.45, 2.75) is 25.4 Å². The van der Waals surface area contributed by atoms with E-state index in [1.165, 1.54) is 5.56 Å². The lowest BCUT2D eigenvalue weighted by Crippen LogP contribution is -2.31. The van der Waals surface area contributed by atoms with E-state index in [1.807, 2.05) is 12.1 Å². The number of nitrogens with two attached hydrogens (primary N) is 1. The molecule has 1 aromatic rings. The van der Waals surface area contributed by atoms with Gasteiger partial charge in [0, 0.05) is 12.6 Å². The molecule has 3 nitrogen and oxygen atoms in total. The molecule has 0 bridgehead atoms. The smallest absolute Gasteiger partial charge is 0.119 e. The number of benzene rings is 1. The normalized spacial score (nSPS) is 25.9. The van der Waals surface area contributed by atoms with E-state index in [-0.39, 0.29) is 6.04 Å². The number of nitrogens with zero attached hydrogens (tertiary/aromatic N) is 1. The molecule has 0 aliphatic carbocycles. The highest BCUT2D eigenvalue weighted by Crippen LogP contribution is 2.32. The third kappa shape index (κ3) is 2.06. The summed E-state index contributed by atoms with van der Waals surface area (Å²) in [4.78, 5) is 2.43. The zero-order chi connectivity index (χ0) is 11.5. The summed E-state index contributed by atoms with van der Waals surface area (Å²) in [5, 5.41) is 0. The predicted octanol–water partition coefficient (Wildman–Crippen LogP) is 1.79. The van der Waals surface area contributed by atoms with Crippen LogP contribution in [-0.2, 0) is 0 Å². The second-order valence-electron chi connectivity index (χ2n) is 4.30. The SMILES string of the molecule is CCN1CCC(N)C1c1cccc(OC)c1. The number of likely N-dealkylation sites (N-methyl/N-ethyl adjacent to an activating group) is 1. The van der Waals surface area contributed by atoms with E-state index < -0.39 is 0 Å². The first-order chi connectivity index (χ1) is 7.76. The van der Waals surface area contributed by atoms with E-state index in [0.29, 0.717) is 6.04 Å². The highest BCUT2D eigenvalue weighted by molar-refractivity contribution is 5.32. The Morgan fingerprint density at radius 3 is 3.00 bits per heavy atom.